The average Bonchev–Trinajstić information content (AvgIpc) is 3.44. The third-order valence-electron chi connectivity index (χ3n) is 6.59. The molecular weight excluding hydrogens is 713 g/mol. The first-order valence-electron chi connectivity index (χ1n) is 14.0. The SMILES string of the molecule is Cc1cc2ncn(-c3nccc(N4CCN(Cc5ccncc5)CC4)n3)c2cc1C.O=C(O)C(F)(F)F.O=C(O)C(F)(F)F.O=C(O)C(F)(F)F. The Bertz CT molecular complexity index is 1720. The van der Waals surface area contributed by atoms with Gasteiger partial charge in [-0.05, 0) is 60.9 Å². The summed E-state index contributed by atoms with van der Waals surface area (Å²) in [6.07, 6.45) is -7.88. The van der Waals surface area contributed by atoms with Crippen LogP contribution in [0.4, 0.5) is 45.3 Å². The molecule has 1 aliphatic heterocycles. The number of aliphatic carboxylic acids is 3. The van der Waals surface area contributed by atoms with Gasteiger partial charge in [0, 0.05) is 51.3 Å². The van der Waals surface area contributed by atoms with E-state index < -0.39 is 36.4 Å². The Hall–Kier alpha value is -5.54. The molecule has 1 aromatic carbocycles. The minimum atomic E-state index is -5.08. The zero-order valence-corrected chi connectivity index (χ0v) is 26.3. The standard InChI is InChI=1S/C23H25N7.3C2HF3O2/c1-17-13-20-21(14-18(17)2)30(16-26-20)23-25-8-5-22(27-23)29-11-9-28(10-12-29)15-19-3-6-24-7-4-19;3*3-2(4,5)1(6)7/h3-8,13-14,16H,9-12,15H2,1-2H3;3*(H,6,7). The van der Waals surface area contributed by atoms with E-state index in [1.54, 1.807) is 0 Å². The molecule has 0 amide bonds. The molecular formula is C29H28F9N7O6. The van der Waals surface area contributed by atoms with Gasteiger partial charge in [0.25, 0.3) is 0 Å². The minimum Gasteiger partial charge on any atom is -0.475 e. The van der Waals surface area contributed by atoms with Crippen LogP contribution in [0.25, 0.3) is 17.0 Å². The van der Waals surface area contributed by atoms with Crippen molar-refractivity contribution in [2.75, 3.05) is 31.1 Å². The van der Waals surface area contributed by atoms with Crippen molar-refractivity contribution in [3.8, 4) is 5.95 Å². The molecule has 1 fully saturated rings. The fourth-order valence-electron chi connectivity index (χ4n) is 3.94. The molecule has 0 radical (unpaired) electrons. The van der Waals surface area contributed by atoms with Gasteiger partial charge in [-0.15, -0.1) is 0 Å². The zero-order chi connectivity index (χ0) is 38.7. The first-order valence-corrected chi connectivity index (χ1v) is 14.0. The van der Waals surface area contributed by atoms with Crippen LogP contribution in [0.1, 0.15) is 16.7 Å². The van der Waals surface area contributed by atoms with Crippen molar-refractivity contribution in [2.45, 2.75) is 38.9 Å². The largest absolute Gasteiger partial charge is 0.490 e. The van der Waals surface area contributed by atoms with Crippen molar-refractivity contribution < 1.29 is 69.2 Å². The third-order valence-corrected chi connectivity index (χ3v) is 6.59. The number of carbonyl (C=O) groups is 3. The predicted molar refractivity (Wildman–Crippen MR) is 159 cm³/mol. The van der Waals surface area contributed by atoms with Gasteiger partial charge in [-0.25, -0.2) is 24.4 Å². The lowest BCUT2D eigenvalue weighted by atomic mass is 10.1. The second-order valence-corrected chi connectivity index (χ2v) is 10.3. The summed E-state index contributed by atoms with van der Waals surface area (Å²) < 4.78 is 97.2. The molecule has 1 saturated heterocycles. The van der Waals surface area contributed by atoms with E-state index in [0.29, 0.717) is 5.95 Å². The number of rotatable bonds is 4. The van der Waals surface area contributed by atoms with Gasteiger partial charge in [-0.1, -0.05) is 0 Å². The van der Waals surface area contributed by atoms with Gasteiger partial charge in [-0.3, -0.25) is 14.5 Å². The molecule has 0 atom stereocenters. The summed E-state index contributed by atoms with van der Waals surface area (Å²) in [7, 11) is 0. The summed E-state index contributed by atoms with van der Waals surface area (Å²) in [5.41, 5.74) is 5.80. The van der Waals surface area contributed by atoms with Crippen LogP contribution >= 0.6 is 0 Å². The Balaban J connectivity index is 0.000000352. The van der Waals surface area contributed by atoms with Crippen molar-refractivity contribution in [3.63, 3.8) is 0 Å². The Labute approximate surface area is 281 Å². The number of hydrogen-bond donors (Lipinski definition) is 3. The highest BCUT2D eigenvalue weighted by molar-refractivity contribution is 5.78. The van der Waals surface area contributed by atoms with Crippen molar-refractivity contribution in [1.29, 1.82) is 0 Å². The highest BCUT2D eigenvalue weighted by Crippen LogP contribution is 2.22. The second kappa shape index (κ2) is 17.4. The summed E-state index contributed by atoms with van der Waals surface area (Å²) in [6.45, 7) is 9.11. The summed E-state index contributed by atoms with van der Waals surface area (Å²) in [6, 6.07) is 10.4. The molecule has 0 aliphatic carbocycles. The summed E-state index contributed by atoms with van der Waals surface area (Å²) in [5.74, 6) is -6.64. The van der Waals surface area contributed by atoms with Crippen LogP contribution in [-0.2, 0) is 20.9 Å². The fraction of sp³-hybridized carbons (Fsp3) is 0.345. The lowest BCUT2D eigenvalue weighted by Gasteiger charge is -2.35. The topological polar surface area (TPSA) is 175 Å². The lowest BCUT2D eigenvalue weighted by molar-refractivity contribution is -0.193. The number of pyridine rings is 1. The molecule has 4 heterocycles. The molecule has 22 heteroatoms. The van der Waals surface area contributed by atoms with E-state index in [1.807, 2.05) is 35.6 Å². The molecule has 0 spiro atoms. The maximum Gasteiger partial charge on any atom is 0.490 e. The van der Waals surface area contributed by atoms with Crippen LogP contribution in [0.15, 0.2) is 55.2 Å². The molecule has 13 nitrogen and oxygen atoms in total. The molecule has 3 N–H and O–H groups in total. The van der Waals surface area contributed by atoms with Crippen LogP contribution in [0, 0.1) is 13.8 Å². The summed E-state index contributed by atoms with van der Waals surface area (Å²) in [5, 5.41) is 21.4. The number of anilines is 1. The Kier molecular flexibility index (Phi) is 14.2. The van der Waals surface area contributed by atoms with Crippen molar-refractivity contribution in [2.24, 2.45) is 0 Å². The van der Waals surface area contributed by atoms with Gasteiger partial charge in [0.05, 0.1) is 11.0 Å². The molecule has 0 bridgehead atoms. The average molecular weight is 742 g/mol. The Morgan fingerprint density at radius 3 is 1.65 bits per heavy atom. The number of halogens is 9. The molecule has 0 saturated carbocycles. The van der Waals surface area contributed by atoms with Crippen molar-refractivity contribution >= 4 is 34.8 Å². The van der Waals surface area contributed by atoms with E-state index >= 15 is 0 Å². The van der Waals surface area contributed by atoms with E-state index in [4.69, 9.17) is 34.7 Å². The molecule has 1 aliphatic rings. The predicted octanol–water partition coefficient (Wildman–Crippen LogP) is 5.05. The molecule has 278 valence electrons. The number of imidazole rings is 1. The summed E-state index contributed by atoms with van der Waals surface area (Å²) >= 11 is 0. The monoisotopic (exact) mass is 741 g/mol. The first kappa shape index (κ1) is 41.6. The third kappa shape index (κ3) is 13.4. The van der Waals surface area contributed by atoms with E-state index in [0.717, 1.165) is 49.6 Å². The van der Waals surface area contributed by atoms with Crippen LogP contribution in [0.3, 0.4) is 0 Å². The van der Waals surface area contributed by atoms with Gasteiger partial charge < -0.3 is 20.2 Å². The Morgan fingerprint density at radius 1 is 0.706 bits per heavy atom. The highest BCUT2D eigenvalue weighted by Gasteiger charge is 2.39. The van der Waals surface area contributed by atoms with Gasteiger partial charge in [0.1, 0.15) is 12.1 Å². The fourth-order valence-corrected chi connectivity index (χ4v) is 3.94. The smallest absolute Gasteiger partial charge is 0.475 e. The zero-order valence-electron chi connectivity index (χ0n) is 26.3. The number of piperazine rings is 1. The van der Waals surface area contributed by atoms with Gasteiger partial charge in [-0.2, -0.15) is 44.5 Å². The number of alkyl halides is 9. The van der Waals surface area contributed by atoms with Crippen LogP contribution in [0.2, 0.25) is 0 Å². The van der Waals surface area contributed by atoms with E-state index in [1.165, 1.54) is 16.7 Å². The molecule has 3 aromatic heterocycles. The number of aromatic nitrogens is 5. The molecule has 4 aromatic rings. The van der Waals surface area contributed by atoms with Gasteiger partial charge >= 0.3 is 36.4 Å². The number of hydrogen-bond acceptors (Lipinski definition) is 9. The minimum absolute atomic E-state index is 0.664. The number of benzene rings is 1. The molecule has 5 rings (SSSR count). The normalized spacial score (nSPS) is 13.5. The quantitative estimate of drug-likeness (QED) is 0.238. The van der Waals surface area contributed by atoms with Gasteiger partial charge in [0.15, 0.2) is 0 Å². The highest BCUT2D eigenvalue weighted by atomic mass is 19.4. The number of fused-ring (bicyclic) bond motifs is 1. The van der Waals surface area contributed by atoms with E-state index in [-0.39, 0.29) is 0 Å². The molecule has 0 unspecified atom stereocenters. The molecule has 51 heavy (non-hydrogen) atoms. The van der Waals surface area contributed by atoms with Crippen molar-refractivity contribution in [3.05, 3.63) is 71.9 Å². The van der Waals surface area contributed by atoms with E-state index in [9.17, 15) is 39.5 Å². The van der Waals surface area contributed by atoms with Gasteiger partial charge in [0.2, 0.25) is 5.95 Å². The van der Waals surface area contributed by atoms with E-state index in [2.05, 4.69) is 62.9 Å². The number of carboxylic acids is 3. The first-order chi connectivity index (χ1) is 23.5. The number of carboxylic acid groups (broad SMARTS) is 3. The Morgan fingerprint density at radius 2 is 1.18 bits per heavy atom. The van der Waals surface area contributed by atoms with Crippen molar-refractivity contribution in [1.82, 2.24) is 29.4 Å². The van der Waals surface area contributed by atoms with Crippen LogP contribution < -0.4 is 4.90 Å². The second-order valence-electron chi connectivity index (χ2n) is 10.3. The maximum atomic E-state index is 10.6. The number of aryl methyl sites for hydroxylation is 2. The van der Waals surface area contributed by atoms with Crippen LogP contribution in [0.5, 0.6) is 0 Å². The lowest BCUT2D eigenvalue weighted by Crippen LogP contribution is -2.46. The number of nitrogens with zero attached hydrogens (tertiary/aromatic N) is 7. The maximum absolute atomic E-state index is 10.6. The van der Waals surface area contributed by atoms with Crippen LogP contribution in [-0.4, -0.2) is 107 Å². The summed E-state index contributed by atoms with van der Waals surface area (Å²) in [4.78, 5) is 49.5.